The number of phenolic OH excluding ortho intramolecular Hbond substituents is 2. The lowest BCUT2D eigenvalue weighted by Crippen LogP contribution is -2.11. The van der Waals surface area contributed by atoms with Crippen LogP contribution in [0.2, 0.25) is 0 Å². The summed E-state index contributed by atoms with van der Waals surface area (Å²) in [5, 5.41) is 47.8. The van der Waals surface area contributed by atoms with E-state index in [1.807, 2.05) is 31.2 Å². The van der Waals surface area contributed by atoms with Crippen LogP contribution in [0.4, 0.5) is 0 Å². The van der Waals surface area contributed by atoms with E-state index in [0.717, 1.165) is 42.5 Å². The van der Waals surface area contributed by atoms with Crippen molar-refractivity contribution in [1.82, 2.24) is 4.98 Å². The number of hydrogen-bond acceptors (Lipinski definition) is 8. The highest BCUT2D eigenvalue weighted by Gasteiger charge is 2.32. The summed E-state index contributed by atoms with van der Waals surface area (Å²) < 4.78 is 5.74. The van der Waals surface area contributed by atoms with Crippen LogP contribution in [0.25, 0.3) is 49.2 Å². The van der Waals surface area contributed by atoms with Gasteiger partial charge in [-0.1, -0.05) is 24.1 Å². The number of aliphatic hydroxyl groups is 2. The van der Waals surface area contributed by atoms with Crippen LogP contribution in [0.3, 0.4) is 0 Å². The number of benzene rings is 5. The molecular formula is C37H33NO7. The van der Waals surface area contributed by atoms with Gasteiger partial charge in [-0.2, -0.15) is 0 Å². The maximum atomic E-state index is 13.8. The number of ether oxygens (including phenoxy) is 1. The molecule has 1 aliphatic rings. The monoisotopic (exact) mass is 603 g/mol. The Balaban J connectivity index is 1.60. The molecule has 0 saturated carbocycles. The van der Waals surface area contributed by atoms with Gasteiger partial charge in [0, 0.05) is 33.8 Å². The zero-order valence-electron chi connectivity index (χ0n) is 25.2. The molecule has 8 heteroatoms. The molecule has 45 heavy (non-hydrogen) atoms. The van der Waals surface area contributed by atoms with Gasteiger partial charge in [-0.25, -0.2) is 0 Å². The van der Waals surface area contributed by atoms with Crippen LogP contribution in [0.5, 0.6) is 17.2 Å². The fourth-order valence-corrected chi connectivity index (χ4v) is 7.54. The summed E-state index contributed by atoms with van der Waals surface area (Å²) in [4.78, 5) is 31.7. The van der Waals surface area contributed by atoms with Gasteiger partial charge in [-0.05, 0) is 102 Å². The molecule has 8 nitrogen and oxygen atoms in total. The van der Waals surface area contributed by atoms with Crippen LogP contribution >= 0.6 is 0 Å². The smallest absolute Gasteiger partial charge is 0.190 e. The topological polar surface area (TPSA) is 137 Å². The Morgan fingerprint density at radius 1 is 0.778 bits per heavy atom. The van der Waals surface area contributed by atoms with Crippen molar-refractivity contribution in [2.75, 3.05) is 7.11 Å². The predicted octanol–water partition coefficient (Wildman–Crippen LogP) is 5.61. The third-order valence-electron chi connectivity index (χ3n) is 9.37. The van der Waals surface area contributed by atoms with Crippen LogP contribution in [0, 0.1) is 0 Å². The Bertz CT molecular complexity index is 2290. The average Bonchev–Trinajstić information content (AvgIpc) is 3.18. The molecule has 6 aromatic rings. The lowest BCUT2D eigenvalue weighted by atomic mass is 9.80. The first-order chi connectivity index (χ1) is 21.8. The number of unbranched alkanes of at least 4 members (excludes halogenated alkanes) is 2. The van der Waals surface area contributed by atoms with Gasteiger partial charge in [0.2, 0.25) is 0 Å². The van der Waals surface area contributed by atoms with Crippen molar-refractivity contribution >= 4 is 49.2 Å². The largest absolute Gasteiger partial charge is 0.507 e. The molecule has 1 aliphatic carbocycles. The number of allylic oxidation sites excluding steroid dienone is 1. The van der Waals surface area contributed by atoms with E-state index in [0.29, 0.717) is 67.4 Å². The highest BCUT2D eigenvalue weighted by molar-refractivity contribution is 6.38. The maximum Gasteiger partial charge on any atom is 0.190 e. The molecule has 0 bridgehead atoms. The van der Waals surface area contributed by atoms with Gasteiger partial charge in [0.1, 0.15) is 5.75 Å². The third-order valence-corrected chi connectivity index (χ3v) is 9.37. The number of nitrogens with zero attached hydrogens (tertiary/aromatic N) is 1. The molecule has 1 aromatic heterocycles. The fraction of sp³-hybridized carbons (Fsp3) is 0.270. The molecule has 0 aliphatic heterocycles. The number of rotatable bonds is 9. The summed E-state index contributed by atoms with van der Waals surface area (Å²) in [5.41, 5.74) is 3.76. The van der Waals surface area contributed by atoms with Crippen LogP contribution in [-0.4, -0.2) is 32.5 Å². The van der Waals surface area contributed by atoms with Gasteiger partial charge in [-0.15, -0.1) is 0 Å². The van der Waals surface area contributed by atoms with Crippen LogP contribution in [-0.2, 0) is 32.5 Å². The molecule has 0 radical (unpaired) electrons. The molecule has 0 unspecified atom stereocenters. The van der Waals surface area contributed by atoms with E-state index < -0.39 is 24.1 Å². The predicted molar refractivity (Wildman–Crippen MR) is 176 cm³/mol. The molecule has 5 aromatic carbocycles. The van der Waals surface area contributed by atoms with E-state index in [-0.39, 0.29) is 28.0 Å². The first-order valence-corrected chi connectivity index (χ1v) is 15.2. The summed E-state index contributed by atoms with van der Waals surface area (Å²) in [7, 11) is 1.45. The molecule has 7 rings (SSSR count). The molecule has 0 fully saturated rings. The first-order valence-electron chi connectivity index (χ1n) is 15.2. The van der Waals surface area contributed by atoms with Crippen molar-refractivity contribution in [1.29, 1.82) is 0 Å². The number of aryl methyl sites for hydroxylation is 1. The molecule has 0 amide bonds. The number of phenols is 2. The minimum atomic E-state index is -0.477. The third kappa shape index (κ3) is 4.24. The van der Waals surface area contributed by atoms with Gasteiger partial charge in [0.25, 0.3) is 0 Å². The van der Waals surface area contributed by atoms with Crippen LogP contribution in [0.1, 0.15) is 59.7 Å². The first kappa shape index (κ1) is 29.0. The summed E-state index contributed by atoms with van der Waals surface area (Å²) in [6.45, 7) is 1.01. The van der Waals surface area contributed by atoms with Gasteiger partial charge < -0.3 is 25.2 Å². The lowest BCUT2D eigenvalue weighted by molar-refractivity contribution is 0.282. The fourth-order valence-electron chi connectivity index (χ4n) is 7.54. The zero-order chi connectivity index (χ0) is 31.6. The summed E-state index contributed by atoms with van der Waals surface area (Å²) in [5.74, 6) is -0.191. The highest BCUT2D eigenvalue weighted by atomic mass is 16.5. The number of hydrogen-bond donors (Lipinski definition) is 4. The average molecular weight is 604 g/mol. The number of fused-ring (bicyclic) bond motifs is 1. The Morgan fingerprint density at radius 2 is 1.42 bits per heavy atom. The number of aliphatic hydroxyl groups excluding tert-OH is 2. The van der Waals surface area contributed by atoms with Gasteiger partial charge >= 0.3 is 0 Å². The van der Waals surface area contributed by atoms with Crippen LogP contribution < -0.4 is 15.6 Å². The molecule has 0 atom stereocenters. The standard InChI is InChI=1S/C37H33NO7/c1-18-12-23-22(10-5-3-4-8-21-9-6-7-11-38-21)35(43)31-25(41)14-19(16-39)27-28-20(17-40)15-26(42)32-34(28)30(29(23)33(27)31)24(13-18)37(45-2)36(32)44/h6-7,9,11-12,14-15,39-40,43-44H,3-5,8,10,13,16-17H2,1-2H3. The molecule has 4 N–H and O–H groups in total. The molecule has 0 spiro atoms. The van der Waals surface area contributed by atoms with Gasteiger partial charge in [0.15, 0.2) is 22.4 Å². The Kier molecular flexibility index (Phi) is 7.06. The van der Waals surface area contributed by atoms with Crippen molar-refractivity contribution in [3.8, 4) is 17.2 Å². The Labute approximate surface area is 258 Å². The van der Waals surface area contributed by atoms with Gasteiger partial charge in [0.05, 0.1) is 31.1 Å². The second-order valence-electron chi connectivity index (χ2n) is 12.0. The SMILES string of the molecule is COc1c(O)c2c(=O)cc(CO)c3c4c(CO)cc(=O)c5c(O)c(CCCCCc6ccccn6)c6c(c(c1CC(C)=C6)c23)c54. The van der Waals surface area contributed by atoms with E-state index in [1.165, 1.54) is 19.2 Å². The summed E-state index contributed by atoms with van der Waals surface area (Å²) >= 11 is 0. The quantitative estimate of drug-likeness (QED) is 0.0951. The molecule has 228 valence electrons. The molecule has 0 saturated heterocycles. The van der Waals surface area contributed by atoms with Crippen molar-refractivity contribution in [2.24, 2.45) is 0 Å². The van der Waals surface area contributed by atoms with Crippen molar-refractivity contribution in [3.63, 3.8) is 0 Å². The lowest BCUT2D eigenvalue weighted by Gasteiger charge is -2.24. The Hall–Kier alpha value is -4.79. The second kappa shape index (κ2) is 11.0. The number of aromatic nitrogens is 1. The maximum absolute atomic E-state index is 13.8. The van der Waals surface area contributed by atoms with E-state index in [9.17, 15) is 30.0 Å². The summed E-state index contributed by atoms with van der Waals surface area (Å²) in [6, 6.07) is 8.48. The van der Waals surface area contributed by atoms with E-state index in [4.69, 9.17) is 4.74 Å². The van der Waals surface area contributed by atoms with E-state index in [2.05, 4.69) is 4.98 Å². The van der Waals surface area contributed by atoms with Crippen molar-refractivity contribution < 1.29 is 25.2 Å². The van der Waals surface area contributed by atoms with Crippen molar-refractivity contribution in [3.05, 3.63) is 96.1 Å². The normalized spacial score (nSPS) is 13.0. The number of pyridine rings is 1. The van der Waals surface area contributed by atoms with E-state index in [1.54, 1.807) is 6.20 Å². The van der Waals surface area contributed by atoms with Gasteiger partial charge in [-0.3, -0.25) is 14.6 Å². The Morgan fingerprint density at radius 3 is 2.04 bits per heavy atom. The zero-order valence-corrected chi connectivity index (χ0v) is 25.2. The second-order valence-corrected chi connectivity index (χ2v) is 12.0. The summed E-state index contributed by atoms with van der Waals surface area (Å²) in [6.07, 6.45) is 8.11. The van der Waals surface area contributed by atoms with E-state index >= 15 is 0 Å². The highest BCUT2D eigenvalue weighted by Crippen LogP contribution is 2.53. The minimum Gasteiger partial charge on any atom is -0.507 e. The molecular weight excluding hydrogens is 570 g/mol. The number of aromatic hydroxyl groups is 2. The minimum absolute atomic E-state index is 0.0568. The van der Waals surface area contributed by atoms with Crippen molar-refractivity contribution in [2.45, 2.75) is 58.7 Å². The van der Waals surface area contributed by atoms with Crippen LogP contribution in [0.15, 0.2) is 51.7 Å². The molecule has 1 heterocycles. The number of methoxy groups -OCH3 is 1.